The van der Waals surface area contributed by atoms with Gasteiger partial charge in [0.25, 0.3) is 0 Å². The molecule has 0 amide bonds. The third kappa shape index (κ3) is 5.83. The van der Waals surface area contributed by atoms with E-state index in [9.17, 15) is 0 Å². The normalized spacial score (nSPS) is 11.3. The highest BCUT2D eigenvalue weighted by atomic mass is 35.5. The van der Waals surface area contributed by atoms with Crippen molar-refractivity contribution in [1.29, 1.82) is 0 Å². The number of aliphatic imine (C=N–C) groups is 1. The van der Waals surface area contributed by atoms with E-state index in [4.69, 9.17) is 16.3 Å². The molecule has 19 heavy (non-hydrogen) atoms. The van der Waals surface area contributed by atoms with Crippen LogP contribution in [0.5, 0.6) is 5.75 Å². The molecule has 0 atom stereocenters. The molecule has 0 unspecified atom stereocenters. The molecule has 4 nitrogen and oxygen atoms in total. The summed E-state index contributed by atoms with van der Waals surface area (Å²) in [5.74, 6) is 1.72. The van der Waals surface area contributed by atoms with Crippen LogP contribution in [0.3, 0.4) is 0 Å². The van der Waals surface area contributed by atoms with E-state index in [1.165, 1.54) is 0 Å². The maximum atomic E-state index is 5.82. The maximum Gasteiger partial charge on any atom is 0.193 e. The Hall–Kier alpha value is -1.42. The summed E-state index contributed by atoms with van der Waals surface area (Å²) in [6, 6.07) is 7.38. The Morgan fingerprint density at radius 2 is 2.05 bits per heavy atom. The zero-order valence-electron chi connectivity index (χ0n) is 11.8. The van der Waals surface area contributed by atoms with Gasteiger partial charge in [-0.3, -0.25) is 4.99 Å². The van der Waals surface area contributed by atoms with Crippen LogP contribution in [0.2, 0.25) is 5.02 Å². The van der Waals surface area contributed by atoms with E-state index in [2.05, 4.69) is 17.2 Å². The Morgan fingerprint density at radius 1 is 1.37 bits per heavy atom. The highest BCUT2D eigenvalue weighted by Gasteiger charge is 2.04. The smallest absolute Gasteiger partial charge is 0.193 e. The van der Waals surface area contributed by atoms with Crippen molar-refractivity contribution >= 4 is 17.6 Å². The van der Waals surface area contributed by atoms with E-state index in [1.54, 1.807) is 7.05 Å². The molecule has 0 saturated heterocycles. The van der Waals surface area contributed by atoms with Gasteiger partial charge in [0.05, 0.1) is 6.54 Å². The molecule has 0 radical (unpaired) electrons. The lowest BCUT2D eigenvalue weighted by atomic mass is 10.3. The Bertz CT molecular complexity index is 392. The molecule has 0 spiro atoms. The Kier molecular flexibility index (Phi) is 7.11. The van der Waals surface area contributed by atoms with E-state index in [0.29, 0.717) is 11.6 Å². The number of halogens is 1. The van der Waals surface area contributed by atoms with Crippen molar-refractivity contribution < 1.29 is 4.74 Å². The molecule has 5 heteroatoms. The van der Waals surface area contributed by atoms with Crippen molar-refractivity contribution in [3.63, 3.8) is 0 Å². The minimum Gasteiger partial charge on any atom is -0.492 e. The first kappa shape index (κ1) is 15.6. The van der Waals surface area contributed by atoms with Crippen LogP contribution in [0.1, 0.15) is 13.3 Å². The standard InChI is InChI=1S/C14H22ClN3O/c1-4-9-17-14(16-2)18(3)10-11-19-13-7-5-12(15)6-8-13/h5-8H,4,9-11H2,1-3H3,(H,16,17). The van der Waals surface area contributed by atoms with Gasteiger partial charge in [0.2, 0.25) is 0 Å². The summed E-state index contributed by atoms with van der Waals surface area (Å²) in [4.78, 5) is 6.27. The Balaban J connectivity index is 2.33. The van der Waals surface area contributed by atoms with Gasteiger partial charge < -0.3 is 15.0 Å². The van der Waals surface area contributed by atoms with Crippen molar-refractivity contribution in [2.24, 2.45) is 4.99 Å². The molecule has 0 saturated carbocycles. The lowest BCUT2D eigenvalue weighted by Crippen LogP contribution is -2.41. The summed E-state index contributed by atoms with van der Waals surface area (Å²) < 4.78 is 5.65. The molecule has 0 aliphatic carbocycles. The SMILES string of the molecule is CCCNC(=NC)N(C)CCOc1ccc(Cl)cc1. The fraction of sp³-hybridized carbons (Fsp3) is 0.500. The average Bonchev–Trinajstić information content (AvgIpc) is 2.42. The maximum absolute atomic E-state index is 5.82. The predicted octanol–water partition coefficient (Wildman–Crippen LogP) is 2.64. The number of hydrogen-bond donors (Lipinski definition) is 1. The van der Waals surface area contributed by atoms with Gasteiger partial charge in [0.15, 0.2) is 5.96 Å². The number of benzene rings is 1. The van der Waals surface area contributed by atoms with Crippen LogP contribution in [0.4, 0.5) is 0 Å². The van der Waals surface area contributed by atoms with Gasteiger partial charge in [-0.05, 0) is 30.7 Å². The molecule has 1 aromatic carbocycles. The van der Waals surface area contributed by atoms with Crippen molar-refractivity contribution in [3.05, 3.63) is 29.3 Å². The number of rotatable bonds is 6. The third-order valence-corrected chi connectivity index (χ3v) is 2.87. The molecule has 0 aromatic heterocycles. The summed E-state index contributed by atoms with van der Waals surface area (Å²) in [6.07, 6.45) is 1.08. The zero-order chi connectivity index (χ0) is 14.1. The average molecular weight is 284 g/mol. The van der Waals surface area contributed by atoms with Gasteiger partial charge >= 0.3 is 0 Å². The highest BCUT2D eigenvalue weighted by Crippen LogP contribution is 2.15. The quantitative estimate of drug-likeness (QED) is 0.644. The topological polar surface area (TPSA) is 36.9 Å². The van der Waals surface area contributed by atoms with Gasteiger partial charge in [-0.1, -0.05) is 18.5 Å². The molecule has 0 aliphatic heterocycles. The van der Waals surface area contributed by atoms with Gasteiger partial charge in [0.1, 0.15) is 12.4 Å². The molecule has 0 aliphatic rings. The van der Waals surface area contributed by atoms with Crippen molar-refractivity contribution in [2.75, 3.05) is 33.8 Å². The molecule has 0 fully saturated rings. The molecule has 1 aromatic rings. The van der Waals surface area contributed by atoms with Gasteiger partial charge in [-0.2, -0.15) is 0 Å². The monoisotopic (exact) mass is 283 g/mol. The molecule has 0 heterocycles. The van der Waals surface area contributed by atoms with Crippen LogP contribution >= 0.6 is 11.6 Å². The van der Waals surface area contributed by atoms with Crippen molar-refractivity contribution in [1.82, 2.24) is 10.2 Å². The van der Waals surface area contributed by atoms with E-state index in [-0.39, 0.29) is 0 Å². The Morgan fingerprint density at radius 3 is 2.63 bits per heavy atom. The lowest BCUT2D eigenvalue weighted by Gasteiger charge is -2.21. The number of hydrogen-bond acceptors (Lipinski definition) is 2. The van der Waals surface area contributed by atoms with E-state index < -0.39 is 0 Å². The minimum atomic E-state index is 0.602. The molecular weight excluding hydrogens is 262 g/mol. The second-order valence-electron chi connectivity index (χ2n) is 4.20. The number of guanidine groups is 1. The van der Waals surface area contributed by atoms with Gasteiger partial charge in [0, 0.05) is 25.7 Å². The molecule has 106 valence electrons. The summed E-state index contributed by atoms with van der Waals surface area (Å²) in [5.41, 5.74) is 0. The third-order valence-electron chi connectivity index (χ3n) is 2.62. The van der Waals surface area contributed by atoms with Crippen LogP contribution < -0.4 is 10.1 Å². The van der Waals surface area contributed by atoms with Crippen molar-refractivity contribution in [2.45, 2.75) is 13.3 Å². The van der Waals surface area contributed by atoms with Crippen LogP contribution in [0.15, 0.2) is 29.3 Å². The fourth-order valence-corrected chi connectivity index (χ4v) is 1.68. The van der Waals surface area contributed by atoms with E-state index in [1.807, 2.05) is 36.2 Å². The summed E-state index contributed by atoms with van der Waals surface area (Å²) in [5, 5.41) is 3.99. The van der Waals surface area contributed by atoms with Crippen LogP contribution in [0.25, 0.3) is 0 Å². The molecular formula is C14H22ClN3O. The second-order valence-corrected chi connectivity index (χ2v) is 4.63. The highest BCUT2D eigenvalue weighted by molar-refractivity contribution is 6.30. The summed E-state index contributed by atoms with van der Waals surface area (Å²) in [6.45, 7) is 4.43. The van der Waals surface area contributed by atoms with Crippen molar-refractivity contribution in [3.8, 4) is 5.75 Å². The van der Waals surface area contributed by atoms with Crippen LogP contribution in [0, 0.1) is 0 Å². The summed E-state index contributed by atoms with van der Waals surface area (Å²) >= 11 is 5.82. The first-order chi connectivity index (χ1) is 9.17. The minimum absolute atomic E-state index is 0.602. The van der Waals surface area contributed by atoms with E-state index in [0.717, 1.165) is 31.2 Å². The largest absolute Gasteiger partial charge is 0.492 e. The second kappa shape index (κ2) is 8.64. The van der Waals surface area contributed by atoms with Gasteiger partial charge in [-0.25, -0.2) is 0 Å². The first-order valence-electron chi connectivity index (χ1n) is 6.47. The van der Waals surface area contributed by atoms with Crippen LogP contribution in [-0.2, 0) is 0 Å². The van der Waals surface area contributed by atoms with Crippen LogP contribution in [-0.4, -0.2) is 44.7 Å². The lowest BCUT2D eigenvalue weighted by molar-refractivity contribution is 0.281. The Labute approximate surface area is 120 Å². The number of ether oxygens (including phenoxy) is 1. The van der Waals surface area contributed by atoms with E-state index >= 15 is 0 Å². The number of nitrogens with one attached hydrogen (secondary N) is 1. The molecule has 1 rings (SSSR count). The summed E-state index contributed by atoms with van der Waals surface area (Å²) in [7, 11) is 3.78. The fourth-order valence-electron chi connectivity index (χ4n) is 1.56. The first-order valence-corrected chi connectivity index (χ1v) is 6.85. The van der Waals surface area contributed by atoms with Gasteiger partial charge in [-0.15, -0.1) is 0 Å². The molecule has 0 bridgehead atoms. The number of nitrogens with zero attached hydrogens (tertiary/aromatic N) is 2. The zero-order valence-corrected chi connectivity index (χ0v) is 12.6. The predicted molar refractivity (Wildman–Crippen MR) is 81.2 cm³/mol. The molecule has 1 N–H and O–H groups in total. The number of likely N-dealkylation sites (N-methyl/N-ethyl adjacent to an activating group) is 1.